The lowest BCUT2D eigenvalue weighted by atomic mass is 10.1. The van der Waals surface area contributed by atoms with Crippen molar-refractivity contribution in [3.63, 3.8) is 0 Å². The summed E-state index contributed by atoms with van der Waals surface area (Å²) in [6.07, 6.45) is 10.6. The van der Waals surface area contributed by atoms with Crippen molar-refractivity contribution in [1.82, 2.24) is 5.32 Å². The smallest absolute Gasteiger partial charge is 0.0996 e. The summed E-state index contributed by atoms with van der Waals surface area (Å²) < 4.78 is 13.0. The molecule has 16 heavy (non-hydrogen) atoms. The van der Waals surface area contributed by atoms with Crippen LogP contribution in [0, 0.1) is 0 Å². The molecule has 0 atom stereocenters. The molecule has 0 amide bonds. The molecule has 0 saturated carbocycles. The monoisotopic (exact) mass is 223 g/mol. The van der Waals surface area contributed by atoms with Crippen LogP contribution in [0.2, 0.25) is 0 Å². The zero-order chi connectivity index (χ0) is 12.4. The van der Waals surface area contributed by atoms with Gasteiger partial charge in [-0.15, -0.1) is 0 Å². The fourth-order valence-electron chi connectivity index (χ4n) is 1.25. The minimum atomic E-state index is -0.0903. The number of rotatable bonds is 6. The number of likely N-dealkylation sites (N-methyl/N-ethyl adjacent to an activating group) is 1. The second-order valence-electron chi connectivity index (χ2n) is 3.37. The van der Waals surface area contributed by atoms with Gasteiger partial charge in [0.05, 0.1) is 5.83 Å². The Morgan fingerprint density at radius 3 is 2.25 bits per heavy atom. The minimum Gasteiger partial charge on any atom is -0.388 e. The normalized spacial score (nSPS) is 14.7. The topological polar surface area (TPSA) is 12.0 Å². The molecule has 1 N–H and O–H groups in total. The SMILES string of the molecule is C\C=C/C=C(NC)/C(=C/C=C(/F)CC)CC. The second-order valence-corrected chi connectivity index (χ2v) is 3.37. The summed E-state index contributed by atoms with van der Waals surface area (Å²) in [5.74, 6) is -0.0903. The van der Waals surface area contributed by atoms with Crippen molar-refractivity contribution in [2.75, 3.05) is 7.05 Å². The number of hydrogen-bond acceptors (Lipinski definition) is 1. The van der Waals surface area contributed by atoms with E-state index in [1.54, 1.807) is 13.0 Å². The van der Waals surface area contributed by atoms with Gasteiger partial charge in [-0.3, -0.25) is 0 Å². The number of halogens is 1. The first kappa shape index (κ1) is 14.7. The standard InChI is InChI=1S/C14H22FN/c1-5-8-9-14(16-4)12(6-2)10-11-13(15)7-3/h5,8-11,16H,6-7H2,1-4H3/b8-5-,12-10+,13-11+,14-9-. The highest BCUT2D eigenvalue weighted by Gasteiger charge is 1.98. The summed E-state index contributed by atoms with van der Waals surface area (Å²) in [6, 6.07) is 0. The maximum Gasteiger partial charge on any atom is 0.0996 e. The lowest BCUT2D eigenvalue weighted by Crippen LogP contribution is -2.07. The van der Waals surface area contributed by atoms with Crippen molar-refractivity contribution in [3.8, 4) is 0 Å². The van der Waals surface area contributed by atoms with Crippen LogP contribution >= 0.6 is 0 Å². The molecule has 90 valence electrons. The molecule has 0 aliphatic rings. The molecule has 0 saturated heterocycles. The molecule has 0 aromatic rings. The Morgan fingerprint density at radius 1 is 1.12 bits per heavy atom. The predicted molar refractivity (Wildman–Crippen MR) is 69.8 cm³/mol. The molecule has 1 nitrogen and oxygen atoms in total. The van der Waals surface area contributed by atoms with E-state index in [0.29, 0.717) is 6.42 Å². The highest BCUT2D eigenvalue weighted by molar-refractivity contribution is 5.34. The van der Waals surface area contributed by atoms with Crippen molar-refractivity contribution in [2.45, 2.75) is 33.6 Å². The molecule has 2 heteroatoms. The van der Waals surface area contributed by atoms with Crippen LogP contribution in [0.4, 0.5) is 4.39 Å². The number of nitrogens with one attached hydrogen (secondary N) is 1. The summed E-state index contributed by atoms with van der Waals surface area (Å²) in [7, 11) is 1.87. The quantitative estimate of drug-likeness (QED) is 0.663. The molecule has 0 fully saturated rings. The van der Waals surface area contributed by atoms with Crippen LogP contribution in [0.3, 0.4) is 0 Å². The Bertz CT molecular complexity index is 309. The Labute approximate surface area is 98.4 Å². The van der Waals surface area contributed by atoms with Gasteiger partial charge in [-0.05, 0) is 37.5 Å². The average Bonchev–Trinajstić information content (AvgIpc) is 2.32. The van der Waals surface area contributed by atoms with Crippen molar-refractivity contribution >= 4 is 0 Å². The van der Waals surface area contributed by atoms with Gasteiger partial charge in [0.15, 0.2) is 0 Å². The highest BCUT2D eigenvalue weighted by Crippen LogP contribution is 2.13. The molecule has 0 heterocycles. The van der Waals surface area contributed by atoms with E-state index >= 15 is 0 Å². The molecule has 0 unspecified atom stereocenters. The summed E-state index contributed by atoms with van der Waals surface area (Å²) >= 11 is 0. The third-order valence-electron chi connectivity index (χ3n) is 2.25. The van der Waals surface area contributed by atoms with E-state index in [1.165, 1.54) is 0 Å². The van der Waals surface area contributed by atoms with Crippen LogP contribution in [0.5, 0.6) is 0 Å². The van der Waals surface area contributed by atoms with E-state index in [-0.39, 0.29) is 5.83 Å². The molecule has 0 aliphatic carbocycles. The zero-order valence-corrected chi connectivity index (χ0v) is 10.7. The third-order valence-corrected chi connectivity index (χ3v) is 2.25. The molecular weight excluding hydrogens is 201 g/mol. The molecule has 0 aromatic heterocycles. The van der Waals surface area contributed by atoms with Crippen LogP contribution in [-0.4, -0.2) is 7.05 Å². The summed E-state index contributed by atoms with van der Waals surface area (Å²) in [5, 5.41) is 3.12. The molecule has 0 spiro atoms. The third kappa shape index (κ3) is 5.54. The molecular formula is C14H22FN. The molecule has 0 radical (unpaired) electrons. The van der Waals surface area contributed by atoms with Gasteiger partial charge < -0.3 is 5.32 Å². The van der Waals surface area contributed by atoms with Crippen LogP contribution in [0.15, 0.2) is 47.5 Å². The lowest BCUT2D eigenvalue weighted by Gasteiger charge is -2.08. The highest BCUT2D eigenvalue weighted by atomic mass is 19.1. The summed E-state index contributed by atoms with van der Waals surface area (Å²) in [4.78, 5) is 0. The Balaban J connectivity index is 4.95. The Hall–Kier alpha value is -1.31. The van der Waals surface area contributed by atoms with Crippen molar-refractivity contribution in [1.29, 1.82) is 0 Å². The second kappa shape index (κ2) is 8.96. The fourth-order valence-corrected chi connectivity index (χ4v) is 1.25. The summed E-state index contributed by atoms with van der Waals surface area (Å²) in [6.45, 7) is 5.83. The van der Waals surface area contributed by atoms with Crippen molar-refractivity contribution < 1.29 is 4.39 Å². The maximum atomic E-state index is 13.0. The van der Waals surface area contributed by atoms with Crippen LogP contribution in [0.1, 0.15) is 33.6 Å². The lowest BCUT2D eigenvalue weighted by molar-refractivity contribution is 0.604. The predicted octanol–water partition coefficient (Wildman–Crippen LogP) is 4.27. The maximum absolute atomic E-state index is 13.0. The molecule has 0 bridgehead atoms. The molecule has 0 rings (SSSR count). The molecule has 0 aliphatic heterocycles. The van der Waals surface area contributed by atoms with Crippen LogP contribution in [-0.2, 0) is 0 Å². The van der Waals surface area contributed by atoms with E-state index in [0.717, 1.165) is 17.7 Å². The number of hydrogen-bond donors (Lipinski definition) is 1. The summed E-state index contributed by atoms with van der Waals surface area (Å²) in [5.41, 5.74) is 2.13. The first-order chi connectivity index (χ1) is 7.69. The average molecular weight is 223 g/mol. The van der Waals surface area contributed by atoms with Crippen LogP contribution in [0.25, 0.3) is 0 Å². The van der Waals surface area contributed by atoms with Gasteiger partial charge in [-0.1, -0.05) is 32.1 Å². The fraction of sp³-hybridized carbons (Fsp3) is 0.429. The van der Waals surface area contributed by atoms with Gasteiger partial charge >= 0.3 is 0 Å². The zero-order valence-electron chi connectivity index (χ0n) is 10.7. The first-order valence-corrected chi connectivity index (χ1v) is 5.75. The van der Waals surface area contributed by atoms with E-state index in [9.17, 15) is 4.39 Å². The van der Waals surface area contributed by atoms with Gasteiger partial charge in [0.1, 0.15) is 0 Å². The van der Waals surface area contributed by atoms with E-state index in [1.807, 2.05) is 38.3 Å². The minimum absolute atomic E-state index is 0.0903. The van der Waals surface area contributed by atoms with E-state index in [2.05, 4.69) is 12.2 Å². The van der Waals surface area contributed by atoms with Gasteiger partial charge in [0.25, 0.3) is 0 Å². The largest absolute Gasteiger partial charge is 0.388 e. The molecule has 0 aromatic carbocycles. The Morgan fingerprint density at radius 2 is 1.81 bits per heavy atom. The van der Waals surface area contributed by atoms with Crippen molar-refractivity contribution in [2.24, 2.45) is 0 Å². The van der Waals surface area contributed by atoms with Gasteiger partial charge in [0, 0.05) is 12.7 Å². The Kier molecular flexibility index (Phi) is 8.22. The van der Waals surface area contributed by atoms with Gasteiger partial charge in [0.2, 0.25) is 0 Å². The number of allylic oxidation sites excluding steroid dienone is 7. The first-order valence-electron chi connectivity index (χ1n) is 5.75. The van der Waals surface area contributed by atoms with Gasteiger partial charge in [-0.25, -0.2) is 4.39 Å². The van der Waals surface area contributed by atoms with Gasteiger partial charge in [-0.2, -0.15) is 0 Å². The van der Waals surface area contributed by atoms with Crippen LogP contribution < -0.4 is 5.32 Å². The van der Waals surface area contributed by atoms with Crippen molar-refractivity contribution in [3.05, 3.63) is 47.5 Å². The van der Waals surface area contributed by atoms with E-state index in [4.69, 9.17) is 0 Å². The van der Waals surface area contributed by atoms with E-state index < -0.39 is 0 Å².